The molecule has 0 saturated carbocycles. The third-order valence-electron chi connectivity index (χ3n) is 3.96. The number of methoxy groups -OCH3 is 1. The molecule has 0 aliphatic rings. The second-order valence-corrected chi connectivity index (χ2v) is 5.66. The van der Waals surface area contributed by atoms with E-state index in [4.69, 9.17) is 4.74 Å². The Labute approximate surface area is 140 Å². The Hall–Kier alpha value is -2.89. The number of carbonyl (C=O) groups excluding carboxylic acids is 1. The minimum atomic E-state index is -0.0522. The van der Waals surface area contributed by atoms with E-state index in [2.05, 4.69) is 15.4 Å². The van der Waals surface area contributed by atoms with Gasteiger partial charge < -0.3 is 10.1 Å². The Morgan fingerprint density at radius 1 is 1.33 bits per heavy atom. The lowest BCUT2D eigenvalue weighted by Crippen LogP contribution is -2.12. The molecule has 1 amide bonds. The molecule has 6 heteroatoms. The van der Waals surface area contributed by atoms with E-state index in [1.807, 2.05) is 44.3 Å². The molecule has 2 aromatic heterocycles. The molecule has 3 aromatic rings. The number of nitrogens with zero attached hydrogens (tertiary/aromatic N) is 3. The third kappa shape index (κ3) is 3.22. The van der Waals surface area contributed by atoms with Gasteiger partial charge in [-0.15, -0.1) is 0 Å². The van der Waals surface area contributed by atoms with Crippen molar-refractivity contribution in [2.75, 3.05) is 12.4 Å². The van der Waals surface area contributed by atoms with Crippen molar-refractivity contribution in [1.29, 1.82) is 0 Å². The van der Waals surface area contributed by atoms with E-state index in [1.54, 1.807) is 18.0 Å². The van der Waals surface area contributed by atoms with Crippen molar-refractivity contribution in [3.8, 4) is 5.75 Å². The highest BCUT2D eigenvalue weighted by Gasteiger charge is 2.10. The quantitative estimate of drug-likeness (QED) is 0.783. The van der Waals surface area contributed by atoms with E-state index < -0.39 is 0 Å². The molecule has 0 aliphatic heterocycles. The normalized spacial score (nSPS) is 10.8. The zero-order valence-corrected chi connectivity index (χ0v) is 14.0. The summed E-state index contributed by atoms with van der Waals surface area (Å²) < 4.78 is 7.04. The zero-order chi connectivity index (χ0) is 17.1. The van der Waals surface area contributed by atoms with Crippen LogP contribution in [0.2, 0.25) is 0 Å². The van der Waals surface area contributed by atoms with Crippen LogP contribution in [-0.4, -0.2) is 27.8 Å². The molecule has 124 valence electrons. The average Bonchev–Trinajstić information content (AvgIpc) is 2.87. The second-order valence-electron chi connectivity index (χ2n) is 5.66. The Balaban J connectivity index is 1.67. The van der Waals surface area contributed by atoms with Gasteiger partial charge in [0.25, 0.3) is 0 Å². The van der Waals surface area contributed by atoms with Gasteiger partial charge in [0.15, 0.2) is 5.65 Å². The van der Waals surface area contributed by atoms with Gasteiger partial charge in [-0.3, -0.25) is 9.48 Å². The SMILES string of the molecule is COc1ccccc1CCC(=O)Nc1cnc2c(c1)c(C)nn2C. The molecule has 0 bridgehead atoms. The second kappa shape index (κ2) is 6.70. The fourth-order valence-electron chi connectivity index (χ4n) is 2.76. The Bertz CT molecular complexity index is 886. The average molecular weight is 324 g/mol. The summed E-state index contributed by atoms with van der Waals surface area (Å²) in [5, 5.41) is 8.18. The maximum absolute atomic E-state index is 12.2. The van der Waals surface area contributed by atoms with Crippen molar-refractivity contribution in [2.24, 2.45) is 7.05 Å². The Morgan fingerprint density at radius 3 is 2.92 bits per heavy atom. The van der Waals surface area contributed by atoms with E-state index in [1.165, 1.54) is 0 Å². The summed E-state index contributed by atoms with van der Waals surface area (Å²) in [6.45, 7) is 1.93. The zero-order valence-electron chi connectivity index (χ0n) is 14.0. The molecule has 0 radical (unpaired) electrons. The summed E-state index contributed by atoms with van der Waals surface area (Å²) >= 11 is 0. The van der Waals surface area contributed by atoms with Gasteiger partial charge in [-0.1, -0.05) is 18.2 Å². The molecule has 0 unspecified atom stereocenters. The first-order chi connectivity index (χ1) is 11.6. The number of amides is 1. The summed E-state index contributed by atoms with van der Waals surface area (Å²) in [5.41, 5.74) is 3.40. The largest absolute Gasteiger partial charge is 0.496 e. The number of hydrogen-bond acceptors (Lipinski definition) is 4. The summed E-state index contributed by atoms with van der Waals surface area (Å²) in [4.78, 5) is 16.6. The van der Waals surface area contributed by atoms with E-state index in [0.717, 1.165) is 28.0 Å². The lowest BCUT2D eigenvalue weighted by atomic mass is 10.1. The third-order valence-corrected chi connectivity index (χ3v) is 3.96. The van der Waals surface area contributed by atoms with Crippen molar-refractivity contribution in [2.45, 2.75) is 19.8 Å². The monoisotopic (exact) mass is 324 g/mol. The van der Waals surface area contributed by atoms with Gasteiger partial charge in [-0.25, -0.2) is 4.98 Å². The molecule has 3 rings (SSSR count). The number of anilines is 1. The fraction of sp³-hybridized carbons (Fsp3) is 0.278. The van der Waals surface area contributed by atoms with Gasteiger partial charge in [0.05, 0.1) is 24.7 Å². The van der Waals surface area contributed by atoms with Crippen LogP contribution in [0.1, 0.15) is 17.7 Å². The van der Waals surface area contributed by atoms with Crippen LogP contribution < -0.4 is 10.1 Å². The summed E-state index contributed by atoms with van der Waals surface area (Å²) in [6, 6.07) is 9.64. The van der Waals surface area contributed by atoms with Gasteiger partial charge in [-0.05, 0) is 31.0 Å². The number of ether oxygens (including phenoxy) is 1. The van der Waals surface area contributed by atoms with Crippen molar-refractivity contribution < 1.29 is 9.53 Å². The molecule has 2 heterocycles. The predicted octanol–water partition coefficient (Wildman–Crippen LogP) is 2.86. The van der Waals surface area contributed by atoms with Crippen LogP contribution in [0.5, 0.6) is 5.75 Å². The van der Waals surface area contributed by atoms with Crippen LogP contribution >= 0.6 is 0 Å². The smallest absolute Gasteiger partial charge is 0.224 e. The van der Waals surface area contributed by atoms with Gasteiger partial charge in [0.1, 0.15) is 5.75 Å². The fourth-order valence-corrected chi connectivity index (χ4v) is 2.76. The molecule has 1 aromatic carbocycles. The van der Waals surface area contributed by atoms with Crippen molar-refractivity contribution in [1.82, 2.24) is 14.8 Å². The molecule has 0 saturated heterocycles. The molecular weight excluding hydrogens is 304 g/mol. The van der Waals surface area contributed by atoms with Crippen LogP contribution in [-0.2, 0) is 18.3 Å². The number of nitrogens with one attached hydrogen (secondary N) is 1. The molecular formula is C18H20N4O2. The van der Waals surface area contributed by atoms with Crippen LogP contribution in [0.25, 0.3) is 11.0 Å². The van der Waals surface area contributed by atoms with Gasteiger partial charge in [0.2, 0.25) is 5.91 Å². The molecule has 0 atom stereocenters. The van der Waals surface area contributed by atoms with E-state index in [-0.39, 0.29) is 5.91 Å². The lowest BCUT2D eigenvalue weighted by molar-refractivity contribution is -0.116. The number of rotatable bonds is 5. The Morgan fingerprint density at radius 2 is 2.12 bits per heavy atom. The first-order valence-corrected chi connectivity index (χ1v) is 7.79. The lowest BCUT2D eigenvalue weighted by Gasteiger charge is -2.08. The Kier molecular flexibility index (Phi) is 4.46. The minimum Gasteiger partial charge on any atom is -0.496 e. The maximum Gasteiger partial charge on any atom is 0.224 e. The van der Waals surface area contributed by atoms with Crippen LogP contribution in [0.4, 0.5) is 5.69 Å². The van der Waals surface area contributed by atoms with E-state index >= 15 is 0 Å². The topological polar surface area (TPSA) is 69.0 Å². The molecule has 6 nitrogen and oxygen atoms in total. The summed E-state index contributed by atoms with van der Waals surface area (Å²) in [7, 11) is 3.49. The number of para-hydroxylation sites is 1. The molecule has 1 N–H and O–H groups in total. The van der Waals surface area contributed by atoms with E-state index in [0.29, 0.717) is 18.5 Å². The highest BCUT2D eigenvalue weighted by atomic mass is 16.5. The number of carbonyl (C=O) groups is 1. The van der Waals surface area contributed by atoms with Crippen LogP contribution in [0.15, 0.2) is 36.5 Å². The first-order valence-electron chi connectivity index (χ1n) is 7.79. The van der Waals surface area contributed by atoms with Crippen molar-refractivity contribution in [3.05, 3.63) is 47.8 Å². The van der Waals surface area contributed by atoms with Gasteiger partial charge in [0, 0.05) is 18.9 Å². The molecule has 24 heavy (non-hydrogen) atoms. The number of aryl methyl sites for hydroxylation is 3. The predicted molar refractivity (Wildman–Crippen MR) is 93.2 cm³/mol. The van der Waals surface area contributed by atoms with Crippen molar-refractivity contribution in [3.63, 3.8) is 0 Å². The standard InChI is InChI=1S/C18H20N4O2/c1-12-15-10-14(11-19-18(15)22(2)21-12)20-17(23)9-8-13-6-4-5-7-16(13)24-3/h4-7,10-11H,8-9H2,1-3H3,(H,20,23). The minimum absolute atomic E-state index is 0.0522. The maximum atomic E-state index is 12.2. The highest BCUT2D eigenvalue weighted by Crippen LogP contribution is 2.21. The van der Waals surface area contributed by atoms with Crippen LogP contribution in [0, 0.1) is 6.92 Å². The number of benzene rings is 1. The summed E-state index contributed by atoms with van der Waals surface area (Å²) in [5.74, 6) is 0.753. The first kappa shape index (κ1) is 16.0. The van der Waals surface area contributed by atoms with Gasteiger partial charge in [-0.2, -0.15) is 5.10 Å². The number of fused-ring (bicyclic) bond motifs is 1. The van der Waals surface area contributed by atoms with E-state index in [9.17, 15) is 4.79 Å². The van der Waals surface area contributed by atoms with Crippen LogP contribution in [0.3, 0.4) is 0 Å². The van der Waals surface area contributed by atoms with Gasteiger partial charge >= 0.3 is 0 Å². The summed E-state index contributed by atoms with van der Waals surface area (Å²) in [6.07, 6.45) is 2.66. The number of aromatic nitrogens is 3. The highest BCUT2D eigenvalue weighted by molar-refractivity contribution is 5.93. The molecule has 0 aliphatic carbocycles. The van der Waals surface area contributed by atoms with Crippen molar-refractivity contribution >= 4 is 22.6 Å². The molecule has 0 fully saturated rings. The number of pyridine rings is 1. The molecule has 0 spiro atoms. The number of hydrogen-bond donors (Lipinski definition) is 1.